The second-order valence-corrected chi connectivity index (χ2v) is 10.0. The van der Waals surface area contributed by atoms with E-state index in [1.807, 2.05) is 50.3 Å². The molecule has 0 fully saturated rings. The highest BCUT2D eigenvalue weighted by Gasteiger charge is 2.30. The Hall–Kier alpha value is -4.49. The number of fused-ring (bicyclic) bond motifs is 1. The molecule has 0 spiro atoms. The number of benzene rings is 3. The summed E-state index contributed by atoms with van der Waals surface area (Å²) in [4.78, 5) is 31.0. The van der Waals surface area contributed by atoms with Gasteiger partial charge in [0.15, 0.2) is 4.80 Å². The molecular weight excluding hydrogens is 508 g/mol. The highest BCUT2D eigenvalue weighted by Crippen LogP contribution is 2.35. The molecule has 4 aromatic rings. The van der Waals surface area contributed by atoms with Gasteiger partial charge in [-0.25, -0.2) is 9.79 Å². The van der Waals surface area contributed by atoms with Gasteiger partial charge in [-0.1, -0.05) is 84.6 Å². The molecule has 39 heavy (non-hydrogen) atoms. The van der Waals surface area contributed by atoms with Gasteiger partial charge in [0.25, 0.3) is 5.56 Å². The van der Waals surface area contributed by atoms with E-state index in [0.29, 0.717) is 27.3 Å². The van der Waals surface area contributed by atoms with Crippen molar-refractivity contribution in [3.63, 3.8) is 0 Å². The second-order valence-electron chi connectivity index (χ2n) is 9.04. The van der Waals surface area contributed by atoms with E-state index >= 15 is 0 Å². The zero-order chi connectivity index (χ0) is 27.5. The molecule has 0 amide bonds. The summed E-state index contributed by atoms with van der Waals surface area (Å²) < 4.78 is 12.9. The highest BCUT2D eigenvalue weighted by atomic mass is 32.1. The molecule has 3 aromatic carbocycles. The molecule has 6 nitrogen and oxygen atoms in total. The van der Waals surface area contributed by atoms with E-state index in [-0.39, 0.29) is 5.56 Å². The van der Waals surface area contributed by atoms with Gasteiger partial charge in [-0.2, -0.15) is 0 Å². The Labute approximate surface area is 230 Å². The van der Waals surface area contributed by atoms with Crippen LogP contribution in [-0.4, -0.2) is 24.3 Å². The number of carbonyl (C=O) groups excluding carboxylic acids is 1. The molecule has 1 atom stereocenters. The summed E-state index contributed by atoms with van der Waals surface area (Å²) in [5.41, 5.74) is 5.80. The first-order chi connectivity index (χ1) is 18.9. The number of nitrogens with zero attached hydrogens (tertiary/aromatic N) is 2. The van der Waals surface area contributed by atoms with Gasteiger partial charge in [0.2, 0.25) is 0 Å². The van der Waals surface area contributed by atoms with E-state index in [1.165, 1.54) is 18.4 Å². The molecule has 1 aromatic heterocycles. The van der Waals surface area contributed by atoms with E-state index in [1.54, 1.807) is 28.8 Å². The van der Waals surface area contributed by atoms with Crippen LogP contribution in [0.2, 0.25) is 0 Å². The third-order valence-electron chi connectivity index (χ3n) is 6.60. The fraction of sp³-hybridized carbons (Fsp3) is 0.156. The van der Waals surface area contributed by atoms with Crippen molar-refractivity contribution in [2.75, 3.05) is 13.7 Å². The first-order valence-electron chi connectivity index (χ1n) is 12.6. The van der Waals surface area contributed by atoms with E-state index in [4.69, 9.17) is 14.5 Å². The number of thiazole rings is 1. The molecule has 0 bridgehead atoms. The fourth-order valence-corrected chi connectivity index (χ4v) is 5.76. The Morgan fingerprint density at radius 2 is 1.69 bits per heavy atom. The molecule has 0 N–H and O–H groups in total. The largest absolute Gasteiger partial charge is 0.494 e. The first-order valence-corrected chi connectivity index (χ1v) is 13.4. The SMILES string of the molecule is C=C(OCC)C1=C(C)N=c2s/c(=C\c3ccc(C(=O)OC)cc3)c(=O)n2C1c1ccc(-c2ccccc2)cc1. The summed E-state index contributed by atoms with van der Waals surface area (Å²) in [6.45, 7) is 8.46. The minimum atomic E-state index is -0.436. The van der Waals surface area contributed by atoms with Crippen LogP contribution in [0.5, 0.6) is 0 Å². The molecule has 1 aliphatic heterocycles. The molecule has 1 aliphatic rings. The lowest BCUT2D eigenvalue weighted by molar-refractivity contribution is 0.0600. The smallest absolute Gasteiger partial charge is 0.337 e. The molecular formula is C32H28N2O4S. The van der Waals surface area contributed by atoms with Crippen molar-refractivity contribution in [2.45, 2.75) is 19.9 Å². The minimum Gasteiger partial charge on any atom is -0.494 e. The monoisotopic (exact) mass is 536 g/mol. The lowest BCUT2D eigenvalue weighted by Gasteiger charge is -2.27. The molecule has 5 rings (SSSR count). The molecule has 0 saturated carbocycles. The van der Waals surface area contributed by atoms with Gasteiger partial charge in [-0.05, 0) is 54.3 Å². The Morgan fingerprint density at radius 1 is 1.03 bits per heavy atom. The van der Waals surface area contributed by atoms with E-state index in [0.717, 1.165) is 33.5 Å². The standard InChI is InChI=1S/C32H28N2O4S/c1-5-38-21(3)28-20(2)33-32-34(29(28)25-17-15-24(16-18-25)23-9-7-6-8-10-23)30(35)27(39-32)19-22-11-13-26(14-12-22)31(36)37-4/h6-19,29H,3,5H2,1-2,4H3/b27-19-. The Balaban J connectivity index is 1.63. The molecule has 0 saturated heterocycles. The van der Waals surface area contributed by atoms with Crippen LogP contribution in [0.25, 0.3) is 17.2 Å². The maximum atomic E-state index is 13.9. The predicted octanol–water partition coefficient (Wildman–Crippen LogP) is 5.24. The highest BCUT2D eigenvalue weighted by molar-refractivity contribution is 7.07. The van der Waals surface area contributed by atoms with Crippen LogP contribution in [0, 0.1) is 0 Å². The van der Waals surface area contributed by atoms with Crippen molar-refractivity contribution in [1.82, 2.24) is 4.57 Å². The average molecular weight is 537 g/mol. The number of esters is 1. The van der Waals surface area contributed by atoms with Gasteiger partial charge >= 0.3 is 5.97 Å². The maximum absolute atomic E-state index is 13.9. The number of hydrogen-bond acceptors (Lipinski definition) is 6. The summed E-state index contributed by atoms with van der Waals surface area (Å²) in [7, 11) is 1.35. The number of methoxy groups -OCH3 is 1. The molecule has 1 unspecified atom stereocenters. The summed E-state index contributed by atoms with van der Waals surface area (Å²) in [6.07, 6.45) is 1.82. The van der Waals surface area contributed by atoms with Gasteiger partial charge in [-0.3, -0.25) is 9.36 Å². The fourth-order valence-electron chi connectivity index (χ4n) is 4.72. The zero-order valence-electron chi connectivity index (χ0n) is 22.0. The van der Waals surface area contributed by atoms with Gasteiger partial charge in [0.05, 0.1) is 29.9 Å². The third-order valence-corrected chi connectivity index (χ3v) is 7.59. The summed E-state index contributed by atoms with van der Waals surface area (Å²) in [5.74, 6) is 0.0975. The van der Waals surface area contributed by atoms with Gasteiger partial charge in [0, 0.05) is 11.3 Å². The van der Waals surface area contributed by atoms with Gasteiger partial charge in [0.1, 0.15) is 5.76 Å². The summed E-state index contributed by atoms with van der Waals surface area (Å²) >= 11 is 1.33. The Kier molecular flexibility index (Phi) is 7.43. The van der Waals surface area contributed by atoms with Crippen molar-refractivity contribution in [1.29, 1.82) is 0 Å². The van der Waals surface area contributed by atoms with Crippen molar-refractivity contribution in [2.24, 2.45) is 4.99 Å². The minimum absolute atomic E-state index is 0.151. The van der Waals surface area contributed by atoms with Crippen LogP contribution >= 0.6 is 11.3 Å². The van der Waals surface area contributed by atoms with Crippen LogP contribution in [0.15, 0.2) is 112 Å². The topological polar surface area (TPSA) is 69.9 Å². The predicted molar refractivity (Wildman–Crippen MR) is 154 cm³/mol. The number of rotatable bonds is 7. The number of allylic oxidation sites excluding steroid dienone is 2. The number of hydrogen-bond donors (Lipinski definition) is 0. The number of ether oxygens (including phenoxy) is 2. The quantitative estimate of drug-likeness (QED) is 0.239. The lowest BCUT2D eigenvalue weighted by Crippen LogP contribution is -2.38. The first kappa shape index (κ1) is 26.1. The Morgan fingerprint density at radius 3 is 2.33 bits per heavy atom. The lowest BCUT2D eigenvalue weighted by atomic mass is 9.93. The molecule has 0 aliphatic carbocycles. The Bertz CT molecular complexity index is 1750. The second kappa shape index (κ2) is 11.1. The summed E-state index contributed by atoms with van der Waals surface area (Å²) in [5, 5.41) is 0. The van der Waals surface area contributed by atoms with Crippen molar-refractivity contribution < 1.29 is 14.3 Å². The maximum Gasteiger partial charge on any atom is 0.337 e. The van der Waals surface area contributed by atoms with E-state index < -0.39 is 12.0 Å². The number of carbonyl (C=O) groups is 1. The molecule has 0 radical (unpaired) electrons. The normalized spacial score (nSPS) is 14.9. The van der Waals surface area contributed by atoms with Crippen LogP contribution in [0.4, 0.5) is 0 Å². The van der Waals surface area contributed by atoms with Crippen LogP contribution in [-0.2, 0) is 9.47 Å². The van der Waals surface area contributed by atoms with Crippen LogP contribution < -0.4 is 14.9 Å². The van der Waals surface area contributed by atoms with Crippen LogP contribution in [0.1, 0.15) is 41.4 Å². The van der Waals surface area contributed by atoms with Crippen molar-refractivity contribution in [3.8, 4) is 11.1 Å². The zero-order valence-corrected chi connectivity index (χ0v) is 22.8. The molecule has 7 heteroatoms. The van der Waals surface area contributed by atoms with E-state index in [2.05, 4.69) is 30.8 Å². The van der Waals surface area contributed by atoms with Gasteiger partial charge < -0.3 is 9.47 Å². The summed E-state index contributed by atoms with van der Waals surface area (Å²) in [6, 6.07) is 24.9. The van der Waals surface area contributed by atoms with Crippen molar-refractivity contribution >= 4 is 23.4 Å². The molecule has 196 valence electrons. The van der Waals surface area contributed by atoms with Crippen molar-refractivity contribution in [3.05, 3.63) is 139 Å². The number of aromatic nitrogens is 1. The average Bonchev–Trinajstić information content (AvgIpc) is 3.26. The van der Waals surface area contributed by atoms with E-state index in [9.17, 15) is 9.59 Å². The van der Waals surface area contributed by atoms with Crippen LogP contribution in [0.3, 0.4) is 0 Å². The van der Waals surface area contributed by atoms with Gasteiger partial charge in [-0.15, -0.1) is 0 Å². The molecule has 2 heterocycles. The third kappa shape index (κ3) is 5.13.